The van der Waals surface area contributed by atoms with E-state index in [9.17, 15) is 0 Å². The molecule has 0 aliphatic carbocycles. The van der Waals surface area contributed by atoms with E-state index in [1.54, 1.807) is 0 Å². The van der Waals surface area contributed by atoms with Crippen molar-refractivity contribution in [3.63, 3.8) is 0 Å². The van der Waals surface area contributed by atoms with Crippen molar-refractivity contribution in [2.45, 2.75) is 84.7 Å². The van der Waals surface area contributed by atoms with Crippen LogP contribution in [0.5, 0.6) is 0 Å². The molecule has 0 aliphatic rings. The van der Waals surface area contributed by atoms with Gasteiger partial charge in [-0.1, -0.05) is 32.4 Å². The number of hydrogen-bond acceptors (Lipinski definition) is 5. The van der Waals surface area contributed by atoms with Gasteiger partial charge in [-0.2, -0.15) is 0 Å². The fourth-order valence-electron chi connectivity index (χ4n) is 2.31. The number of halogens is 1. The normalized spacial score (nSPS) is 16.2. The number of aryl methyl sites for hydroxylation is 1. The SMILES string of the molecule is C/C(=C\C[C@H](O[Si](C)(C)C(C)(C)C)/C(F)=C/c1csc(C)n1)CCO[C@H](C)CO. The van der Waals surface area contributed by atoms with Crippen LogP contribution in [0.3, 0.4) is 0 Å². The molecule has 4 nitrogen and oxygen atoms in total. The number of aliphatic hydroxyl groups excluding tert-OH is 1. The van der Waals surface area contributed by atoms with Crippen molar-refractivity contribution in [3.8, 4) is 0 Å². The van der Waals surface area contributed by atoms with Gasteiger partial charge in [-0.3, -0.25) is 0 Å². The molecule has 0 aromatic carbocycles. The van der Waals surface area contributed by atoms with Crippen LogP contribution in [0, 0.1) is 6.92 Å². The van der Waals surface area contributed by atoms with Crippen LogP contribution in [-0.2, 0) is 9.16 Å². The second-order valence-electron chi connectivity index (χ2n) is 9.09. The number of hydrogen-bond donors (Lipinski definition) is 1. The Morgan fingerprint density at radius 1 is 1.38 bits per heavy atom. The van der Waals surface area contributed by atoms with E-state index in [1.165, 1.54) is 17.4 Å². The average molecular weight is 444 g/mol. The summed E-state index contributed by atoms with van der Waals surface area (Å²) in [5, 5.41) is 11.8. The third-order valence-electron chi connectivity index (χ3n) is 5.31. The third kappa shape index (κ3) is 9.21. The molecule has 0 bridgehead atoms. The van der Waals surface area contributed by atoms with Crippen molar-refractivity contribution in [1.29, 1.82) is 0 Å². The molecule has 1 aromatic heterocycles. The molecule has 0 aliphatic heterocycles. The smallest absolute Gasteiger partial charge is 0.193 e. The van der Waals surface area contributed by atoms with Crippen LogP contribution in [0.4, 0.5) is 4.39 Å². The molecule has 0 saturated carbocycles. The van der Waals surface area contributed by atoms with Crippen molar-refractivity contribution in [2.24, 2.45) is 0 Å². The van der Waals surface area contributed by atoms with E-state index < -0.39 is 14.4 Å². The lowest BCUT2D eigenvalue weighted by molar-refractivity contribution is 0.0267. The Bertz CT molecular complexity index is 694. The van der Waals surface area contributed by atoms with Gasteiger partial charge >= 0.3 is 0 Å². The Labute approximate surface area is 181 Å². The summed E-state index contributed by atoms with van der Waals surface area (Å²) in [5.74, 6) is -0.283. The number of nitrogens with zero attached hydrogens (tertiary/aromatic N) is 1. The van der Waals surface area contributed by atoms with Crippen LogP contribution in [-0.4, -0.2) is 43.8 Å². The number of aromatic nitrogens is 1. The monoisotopic (exact) mass is 443 g/mol. The summed E-state index contributed by atoms with van der Waals surface area (Å²) in [4.78, 5) is 4.34. The number of ether oxygens (including phenoxy) is 1. The molecule has 0 spiro atoms. The molecule has 0 fully saturated rings. The van der Waals surface area contributed by atoms with Crippen molar-refractivity contribution in [2.75, 3.05) is 13.2 Å². The van der Waals surface area contributed by atoms with Gasteiger partial charge in [-0.25, -0.2) is 9.37 Å². The summed E-state index contributed by atoms with van der Waals surface area (Å²) < 4.78 is 27.1. The average Bonchev–Trinajstić information content (AvgIpc) is 3.01. The third-order valence-corrected chi connectivity index (χ3v) is 10.6. The van der Waals surface area contributed by atoms with Crippen LogP contribution in [0.2, 0.25) is 18.1 Å². The van der Waals surface area contributed by atoms with Gasteiger partial charge in [-0.05, 0) is 57.8 Å². The molecule has 1 heterocycles. The van der Waals surface area contributed by atoms with Gasteiger partial charge in [0, 0.05) is 5.38 Å². The fraction of sp³-hybridized carbons (Fsp3) is 0.682. The highest BCUT2D eigenvalue weighted by molar-refractivity contribution is 7.09. The first-order chi connectivity index (χ1) is 13.4. The zero-order valence-electron chi connectivity index (χ0n) is 19.2. The molecule has 29 heavy (non-hydrogen) atoms. The summed E-state index contributed by atoms with van der Waals surface area (Å²) in [6.45, 7) is 17.1. The highest BCUT2D eigenvalue weighted by Crippen LogP contribution is 2.39. The summed E-state index contributed by atoms with van der Waals surface area (Å²) in [6.07, 6.45) is 3.96. The highest BCUT2D eigenvalue weighted by atomic mass is 32.1. The van der Waals surface area contributed by atoms with Gasteiger partial charge in [-0.15, -0.1) is 11.3 Å². The van der Waals surface area contributed by atoms with Gasteiger partial charge in [0.1, 0.15) is 11.9 Å². The quantitative estimate of drug-likeness (QED) is 0.323. The second kappa shape index (κ2) is 11.5. The van der Waals surface area contributed by atoms with Crippen LogP contribution in [0.25, 0.3) is 6.08 Å². The highest BCUT2D eigenvalue weighted by Gasteiger charge is 2.39. The van der Waals surface area contributed by atoms with E-state index in [0.717, 1.165) is 17.0 Å². The molecule has 7 heteroatoms. The number of aliphatic hydroxyl groups is 1. The molecule has 0 amide bonds. The van der Waals surface area contributed by atoms with Gasteiger partial charge in [0.2, 0.25) is 0 Å². The van der Waals surface area contributed by atoms with E-state index in [-0.39, 0.29) is 23.6 Å². The molecular formula is C22H38FNO3SSi. The predicted molar refractivity (Wildman–Crippen MR) is 123 cm³/mol. The minimum absolute atomic E-state index is 0.00419. The van der Waals surface area contributed by atoms with Gasteiger partial charge in [0.25, 0.3) is 0 Å². The molecule has 0 saturated heterocycles. The lowest BCUT2D eigenvalue weighted by atomic mass is 10.1. The molecule has 0 unspecified atom stereocenters. The molecule has 2 atom stereocenters. The minimum Gasteiger partial charge on any atom is -0.407 e. The van der Waals surface area contributed by atoms with Crippen LogP contribution in [0.15, 0.2) is 22.9 Å². The molecular weight excluding hydrogens is 405 g/mol. The van der Waals surface area contributed by atoms with Crippen molar-refractivity contribution in [3.05, 3.63) is 33.6 Å². The van der Waals surface area contributed by atoms with E-state index in [0.29, 0.717) is 18.7 Å². The van der Waals surface area contributed by atoms with Gasteiger partial charge in [0.15, 0.2) is 8.32 Å². The first-order valence-electron chi connectivity index (χ1n) is 10.2. The topological polar surface area (TPSA) is 51.6 Å². The van der Waals surface area contributed by atoms with Crippen LogP contribution < -0.4 is 0 Å². The van der Waals surface area contributed by atoms with Crippen molar-refractivity contribution in [1.82, 2.24) is 4.98 Å². The largest absolute Gasteiger partial charge is 0.407 e. The maximum absolute atomic E-state index is 15.2. The van der Waals surface area contributed by atoms with E-state index in [4.69, 9.17) is 14.3 Å². The number of thiazole rings is 1. The van der Waals surface area contributed by atoms with Crippen LogP contribution >= 0.6 is 11.3 Å². The Morgan fingerprint density at radius 2 is 2.03 bits per heavy atom. The number of rotatable bonds is 11. The maximum atomic E-state index is 15.2. The minimum atomic E-state index is -2.14. The molecule has 166 valence electrons. The molecule has 1 aromatic rings. The lowest BCUT2D eigenvalue weighted by Gasteiger charge is -2.38. The Morgan fingerprint density at radius 3 is 2.55 bits per heavy atom. The Kier molecular flexibility index (Phi) is 10.4. The summed E-state index contributed by atoms with van der Waals surface area (Å²) in [5.41, 5.74) is 1.76. The standard InChI is InChI=1S/C22H38FNO3SSi/c1-16(11-12-26-17(2)14-25)9-10-21(27-29(7,8)22(4,5)6)20(23)13-19-15-28-18(3)24-19/h9,13,15,17,21,25H,10-12,14H2,1-8H3/b16-9+,20-13-/t17-,21+/m1/s1. The van der Waals surface area contributed by atoms with E-state index in [1.807, 2.05) is 32.2 Å². The van der Waals surface area contributed by atoms with Gasteiger partial charge in [0.05, 0.1) is 30.0 Å². The predicted octanol–water partition coefficient (Wildman–Crippen LogP) is 6.28. The van der Waals surface area contributed by atoms with Crippen molar-refractivity contribution < 1.29 is 18.7 Å². The Hall–Kier alpha value is -0.863. The molecule has 1 rings (SSSR count). The first-order valence-corrected chi connectivity index (χ1v) is 14.0. The Balaban J connectivity index is 2.92. The van der Waals surface area contributed by atoms with E-state index >= 15 is 4.39 Å². The molecule has 1 N–H and O–H groups in total. The zero-order valence-corrected chi connectivity index (χ0v) is 21.0. The van der Waals surface area contributed by atoms with Crippen LogP contribution in [0.1, 0.15) is 58.2 Å². The first kappa shape index (κ1) is 26.2. The summed E-state index contributed by atoms with van der Waals surface area (Å²) in [7, 11) is -2.14. The second-order valence-corrected chi connectivity index (χ2v) is 14.9. The fourth-order valence-corrected chi connectivity index (χ4v) is 4.16. The van der Waals surface area contributed by atoms with Crippen molar-refractivity contribution >= 4 is 25.7 Å². The van der Waals surface area contributed by atoms with Gasteiger partial charge < -0.3 is 14.3 Å². The van der Waals surface area contributed by atoms with E-state index in [2.05, 4.69) is 38.8 Å². The summed E-state index contributed by atoms with van der Waals surface area (Å²) in [6, 6.07) is 0. The molecule has 0 radical (unpaired) electrons. The lowest BCUT2D eigenvalue weighted by Crippen LogP contribution is -2.44. The zero-order chi connectivity index (χ0) is 22.2. The summed E-state index contributed by atoms with van der Waals surface area (Å²) >= 11 is 1.51. The maximum Gasteiger partial charge on any atom is 0.193 e.